The number of unbranched alkanes of at least 4 members (excludes halogenated alkanes) is 2. The Bertz CT molecular complexity index is 1160. The molecular weight excluding hydrogens is 382 g/mol. The summed E-state index contributed by atoms with van der Waals surface area (Å²) < 4.78 is 2.17. The topological polar surface area (TPSA) is 38.1 Å². The van der Waals surface area contributed by atoms with E-state index in [1.54, 1.807) is 0 Å². The van der Waals surface area contributed by atoms with Crippen LogP contribution in [0.15, 0.2) is 78.9 Å². The van der Waals surface area contributed by atoms with Crippen LogP contribution in [0.2, 0.25) is 0 Å². The quantitative estimate of drug-likeness (QED) is 0.325. The second kappa shape index (κ2) is 9.61. The van der Waals surface area contributed by atoms with Gasteiger partial charge in [-0.15, -0.1) is 0 Å². The Balaban J connectivity index is 1.73. The van der Waals surface area contributed by atoms with Crippen LogP contribution in [0.4, 0.5) is 0 Å². The fourth-order valence-electron chi connectivity index (χ4n) is 3.98. The maximum atomic E-state index is 13.4. The van der Waals surface area contributed by atoms with E-state index in [-0.39, 0.29) is 5.91 Å². The highest BCUT2D eigenvalue weighted by atomic mass is 16.2. The van der Waals surface area contributed by atoms with Crippen LogP contribution in [0.25, 0.3) is 16.7 Å². The molecule has 0 saturated carbocycles. The van der Waals surface area contributed by atoms with E-state index >= 15 is 0 Å². The van der Waals surface area contributed by atoms with Crippen molar-refractivity contribution < 1.29 is 4.79 Å². The van der Waals surface area contributed by atoms with Crippen LogP contribution in [0, 0.1) is 6.92 Å². The molecule has 0 N–H and O–H groups in total. The van der Waals surface area contributed by atoms with Gasteiger partial charge in [-0.25, -0.2) is 4.98 Å². The van der Waals surface area contributed by atoms with Gasteiger partial charge in [0.25, 0.3) is 5.91 Å². The molecule has 0 unspecified atom stereocenters. The first kappa shape index (κ1) is 20.9. The molecule has 4 heteroatoms. The molecule has 1 heterocycles. The van der Waals surface area contributed by atoms with Gasteiger partial charge in [0.1, 0.15) is 5.82 Å². The molecule has 1 aromatic heterocycles. The number of carbonyl (C=O) groups is 1. The molecule has 0 bridgehead atoms. The highest BCUT2D eigenvalue weighted by Gasteiger charge is 2.20. The number of rotatable bonds is 8. The van der Waals surface area contributed by atoms with Crippen molar-refractivity contribution in [2.24, 2.45) is 0 Å². The van der Waals surface area contributed by atoms with Gasteiger partial charge in [-0.3, -0.25) is 9.36 Å². The SMILES string of the molecule is CCCCCN(Cc1nc2ccccc2n1-c1ccccc1)C(=O)c1cccc(C)c1. The smallest absolute Gasteiger partial charge is 0.254 e. The van der Waals surface area contributed by atoms with Crippen LogP contribution in [0.5, 0.6) is 0 Å². The summed E-state index contributed by atoms with van der Waals surface area (Å²) in [7, 11) is 0. The number of amides is 1. The third-order valence-electron chi connectivity index (χ3n) is 5.56. The molecule has 31 heavy (non-hydrogen) atoms. The summed E-state index contributed by atoms with van der Waals surface area (Å²) in [5.41, 5.74) is 4.88. The Morgan fingerprint density at radius 3 is 2.48 bits per heavy atom. The minimum absolute atomic E-state index is 0.0615. The number of hydrogen-bond acceptors (Lipinski definition) is 2. The van der Waals surface area contributed by atoms with Crippen molar-refractivity contribution in [1.82, 2.24) is 14.5 Å². The number of imidazole rings is 1. The molecular formula is C27H29N3O. The Morgan fingerprint density at radius 1 is 0.935 bits per heavy atom. The van der Waals surface area contributed by atoms with Gasteiger partial charge >= 0.3 is 0 Å². The molecule has 158 valence electrons. The summed E-state index contributed by atoms with van der Waals surface area (Å²) in [5.74, 6) is 0.941. The molecule has 0 aliphatic heterocycles. The van der Waals surface area contributed by atoms with E-state index in [0.29, 0.717) is 6.54 Å². The van der Waals surface area contributed by atoms with Gasteiger partial charge < -0.3 is 4.90 Å². The normalized spacial score (nSPS) is 11.0. The van der Waals surface area contributed by atoms with Gasteiger partial charge in [0.05, 0.1) is 17.6 Å². The van der Waals surface area contributed by atoms with Gasteiger partial charge in [0, 0.05) is 17.8 Å². The molecule has 0 aliphatic rings. The van der Waals surface area contributed by atoms with Gasteiger partial charge in [0.15, 0.2) is 0 Å². The summed E-state index contributed by atoms with van der Waals surface area (Å²) in [6, 6.07) is 26.2. The number of aromatic nitrogens is 2. The zero-order chi connectivity index (χ0) is 21.6. The first-order valence-electron chi connectivity index (χ1n) is 11.0. The van der Waals surface area contributed by atoms with Crippen molar-refractivity contribution in [2.45, 2.75) is 39.7 Å². The number of aryl methyl sites for hydroxylation is 1. The Morgan fingerprint density at radius 2 is 1.71 bits per heavy atom. The first-order valence-corrected chi connectivity index (χ1v) is 11.0. The lowest BCUT2D eigenvalue weighted by molar-refractivity contribution is 0.0735. The molecule has 4 nitrogen and oxygen atoms in total. The third-order valence-corrected chi connectivity index (χ3v) is 5.56. The predicted molar refractivity (Wildman–Crippen MR) is 127 cm³/mol. The number of fused-ring (bicyclic) bond motifs is 1. The lowest BCUT2D eigenvalue weighted by Crippen LogP contribution is -2.32. The van der Waals surface area contributed by atoms with E-state index in [9.17, 15) is 4.79 Å². The van der Waals surface area contributed by atoms with Crippen molar-refractivity contribution in [3.05, 3.63) is 95.8 Å². The third kappa shape index (κ3) is 4.69. The van der Waals surface area contributed by atoms with Crippen LogP contribution >= 0.6 is 0 Å². The van der Waals surface area contributed by atoms with Crippen molar-refractivity contribution in [2.75, 3.05) is 6.54 Å². The van der Waals surface area contributed by atoms with Gasteiger partial charge in [-0.2, -0.15) is 0 Å². The van der Waals surface area contributed by atoms with Crippen LogP contribution in [0.3, 0.4) is 0 Å². The van der Waals surface area contributed by atoms with Crippen LogP contribution in [-0.2, 0) is 6.54 Å². The van der Waals surface area contributed by atoms with Crippen LogP contribution < -0.4 is 0 Å². The first-order chi connectivity index (χ1) is 15.2. The standard InChI is InChI=1S/C27H29N3O/c1-3-4-10-18-29(27(31)22-13-11-12-21(2)19-22)20-26-28-24-16-8-9-17-25(24)30(26)23-14-6-5-7-15-23/h5-9,11-17,19H,3-4,10,18,20H2,1-2H3. The highest BCUT2D eigenvalue weighted by Crippen LogP contribution is 2.23. The number of hydrogen-bond donors (Lipinski definition) is 0. The number of carbonyl (C=O) groups excluding carboxylic acids is 1. The fraction of sp³-hybridized carbons (Fsp3) is 0.259. The molecule has 0 radical (unpaired) electrons. The van der Waals surface area contributed by atoms with Crippen molar-refractivity contribution in [1.29, 1.82) is 0 Å². The van der Waals surface area contributed by atoms with E-state index in [4.69, 9.17) is 4.98 Å². The molecule has 4 rings (SSSR count). The molecule has 0 atom stereocenters. The summed E-state index contributed by atoms with van der Waals surface area (Å²) in [6.45, 7) is 5.40. The molecule has 0 aliphatic carbocycles. The lowest BCUT2D eigenvalue weighted by atomic mass is 10.1. The Labute approximate surface area is 184 Å². The van der Waals surface area contributed by atoms with Crippen LogP contribution in [0.1, 0.15) is 47.9 Å². The number of benzene rings is 3. The maximum Gasteiger partial charge on any atom is 0.254 e. The average molecular weight is 412 g/mol. The summed E-state index contributed by atoms with van der Waals surface area (Å²) in [5, 5.41) is 0. The van der Waals surface area contributed by atoms with Crippen molar-refractivity contribution in [3.8, 4) is 5.69 Å². The van der Waals surface area contributed by atoms with E-state index in [2.05, 4.69) is 29.7 Å². The monoisotopic (exact) mass is 411 g/mol. The second-order valence-corrected chi connectivity index (χ2v) is 7.99. The minimum Gasteiger partial charge on any atom is -0.331 e. The van der Waals surface area contributed by atoms with E-state index in [1.807, 2.05) is 72.5 Å². The zero-order valence-corrected chi connectivity index (χ0v) is 18.3. The van der Waals surface area contributed by atoms with Crippen molar-refractivity contribution >= 4 is 16.9 Å². The molecule has 4 aromatic rings. The van der Waals surface area contributed by atoms with E-state index in [1.165, 1.54) is 0 Å². The number of nitrogens with zero attached hydrogens (tertiary/aromatic N) is 3. The van der Waals surface area contributed by atoms with Crippen LogP contribution in [-0.4, -0.2) is 26.9 Å². The average Bonchev–Trinajstić information content (AvgIpc) is 3.16. The Kier molecular flexibility index (Phi) is 6.46. The van der Waals surface area contributed by atoms with E-state index in [0.717, 1.165) is 59.5 Å². The fourth-order valence-corrected chi connectivity index (χ4v) is 3.98. The van der Waals surface area contributed by atoms with Gasteiger partial charge in [-0.1, -0.05) is 67.8 Å². The largest absolute Gasteiger partial charge is 0.331 e. The molecule has 3 aromatic carbocycles. The van der Waals surface area contributed by atoms with Gasteiger partial charge in [-0.05, 0) is 49.7 Å². The van der Waals surface area contributed by atoms with E-state index < -0.39 is 0 Å². The molecule has 0 spiro atoms. The predicted octanol–water partition coefficient (Wildman–Crippen LogP) is 6.17. The lowest BCUT2D eigenvalue weighted by Gasteiger charge is -2.23. The molecule has 1 amide bonds. The van der Waals surface area contributed by atoms with Crippen molar-refractivity contribution in [3.63, 3.8) is 0 Å². The molecule has 0 fully saturated rings. The Hall–Kier alpha value is -3.40. The number of para-hydroxylation sites is 3. The molecule has 0 saturated heterocycles. The zero-order valence-electron chi connectivity index (χ0n) is 18.3. The summed E-state index contributed by atoms with van der Waals surface area (Å²) in [4.78, 5) is 20.3. The maximum absolute atomic E-state index is 13.4. The second-order valence-electron chi connectivity index (χ2n) is 7.99. The summed E-state index contributed by atoms with van der Waals surface area (Å²) in [6.07, 6.45) is 3.21. The summed E-state index contributed by atoms with van der Waals surface area (Å²) >= 11 is 0. The van der Waals surface area contributed by atoms with Gasteiger partial charge in [0.2, 0.25) is 0 Å². The highest BCUT2D eigenvalue weighted by molar-refractivity contribution is 5.94. The minimum atomic E-state index is 0.0615.